The smallest absolute Gasteiger partial charge is 0.315 e. The Kier molecular flexibility index (Phi) is 4.41. The lowest BCUT2D eigenvalue weighted by molar-refractivity contribution is 0.235. The molecule has 0 radical (unpaired) electrons. The van der Waals surface area contributed by atoms with Crippen LogP contribution in [0, 0.1) is 5.82 Å². The number of urea groups is 1. The molecule has 1 aromatic heterocycles. The van der Waals surface area contributed by atoms with E-state index >= 15 is 0 Å². The SMILES string of the molecule is O=C(NCc1cccc(F)c1)N[C@@H]1CCc2[nH]c(=O)ccc2C1. The van der Waals surface area contributed by atoms with Gasteiger partial charge in [0, 0.05) is 24.3 Å². The van der Waals surface area contributed by atoms with Crippen LogP contribution in [0.5, 0.6) is 0 Å². The number of aromatic amines is 1. The summed E-state index contributed by atoms with van der Waals surface area (Å²) in [5, 5.41) is 5.66. The van der Waals surface area contributed by atoms with E-state index in [-0.39, 0.29) is 30.0 Å². The molecule has 5 nitrogen and oxygen atoms in total. The minimum atomic E-state index is -0.317. The maximum Gasteiger partial charge on any atom is 0.315 e. The van der Waals surface area contributed by atoms with Crippen LogP contribution < -0.4 is 16.2 Å². The average Bonchev–Trinajstić information content (AvgIpc) is 2.53. The number of carbonyl (C=O) groups excluding carboxylic acids is 1. The Morgan fingerprint density at radius 2 is 2.17 bits per heavy atom. The number of carbonyl (C=O) groups is 1. The van der Waals surface area contributed by atoms with Crippen molar-refractivity contribution >= 4 is 6.03 Å². The van der Waals surface area contributed by atoms with Crippen molar-refractivity contribution in [3.63, 3.8) is 0 Å². The lowest BCUT2D eigenvalue weighted by Gasteiger charge is -2.25. The minimum absolute atomic E-state index is 0.0286. The van der Waals surface area contributed by atoms with Gasteiger partial charge in [-0.15, -0.1) is 0 Å². The third kappa shape index (κ3) is 3.97. The standard InChI is InChI=1S/C17H18FN3O2/c18-13-3-1-2-11(8-13)10-19-17(23)20-14-5-6-15-12(9-14)4-7-16(22)21-15/h1-4,7-8,14H,5-6,9-10H2,(H,21,22)(H2,19,20,23)/t14-/m1/s1. The minimum Gasteiger partial charge on any atom is -0.335 e. The Bertz CT molecular complexity index is 772. The molecule has 0 fully saturated rings. The van der Waals surface area contributed by atoms with Crippen molar-refractivity contribution in [2.24, 2.45) is 0 Å². The van der Waals surface area contributed by atoms with Gasteiger partial charge in [-0.3, -0.25) is 4.79 Å². The molecule has 23 heavy (non-hydrogen) atoms. The normalized spacial score (nSPS) is 16.5. The van der Waals surface area contributed by atoms with E-state index in [0.717, 1.165) is 24.1 Å². The van der Waals surface area contributed by atoms with Gasteiger partial charge in [0.05, 0.1) is 0 Å². The van der Waals surface area contributed by atoms with E-state index in [1.54, 1.807) is 12.1 Å². The summed E-state index contributed by atoms with van der Waals surface area (Å²) >= 11 is 0. The van der Waals surface area contributed by atoms with Crippen molar-refractivity contribution in [3.05, 3.63) is 69.4 Å². The highest BCUT2D eigenvalue weighted by Gasteiger charge is 2.20. The monoisotopic (exact) mass is 315 g/mol. The predicted molar refractivity (Wildman–Crippen MR) is 84.6 cm³/mol. The first-order valence-corrected chi connectivity index (χ1v) is 7.60. The van der Waals surface area contributed by atoms with Crippen LogP contribution in [0.25, 0.3) is 0 Å². The summed E-state index contributed by atoms with van der Waals surface area (Å²) in [7, 11) is 0. The quantitative estimate of drug-likeness (QED) is 0.809. The molecular weight excluding hydrogens is 297 g/mol. The highest BCUT2D eigenvalue weighted by Crippen LogP contribution is 2.18. The van der Waals surface area contributed by atoms with E-state index in [1.807, 2.05) is 6.07 Å². The van der Waals surface area contributed by atoms with Gasteiger partial charge in [-0.2, -0.15) is 0 Å². The first-order chi connectivity index (χ1) is 11.1. The Balaban J connectivity index is 1.53. The number of benzene rings is 1. The van der Waals surface area contributed by atoms with Crippen molar-refractivity contribution < 1.29 is 9.18 Å². The number of aryl methyl sites for hydroxylation is 1. The Morgan fingerprint density at radius 3 is 3.00 bits per heavy atom. The topological polar surface area (TPSA) is 74.0 Å². The number of pyridine rings is 1. The van der Waals surface area contributed by atoms with Crippen LogP contribution in [0.4, 0.5) is 9.18 Å². The molecule has 0 bridgehead atoms. The fraction of sp³-hybridized carbons (Fsp3) is 0.294. The molecule has 0 aliphatic heterocycles. The number of amides is 2. The zero-order valence-electron chi connectivity index (χ0n) is 12.6. The van der Waals surface area contributed by atoms with Gasteiger partial charge in [-0.1, -0.05) is 18.2 Å². The summed E-state index contributed by atoms with van der Waals surface area (Å²) < 4.78 is 13.1. The Hall–Kier alpha value is -2.63. The highest BCUT2D eigenvalue weighted by molar-refractivity contribution is 5.74. The van der Waals surface area contributed by atoms with Gasteiger partial charge in [0.2, 0.25) is 5.56 Å². The third-order valence-electron chi connectivity index (χ3n) is 3.98. The molecule has 0 saturated carbocycles. The van der Waals surface area contributed by atoms with Crippen molar-refractivity contribution in [2.45, 2.75) is 31.8 Å². The zero-order chi connectivity index (χ0) is 16.2. The van der Waals surface area contributed by atoms with Crippen LogP contribution in [-0.2, 0) is 19.4 Å². The van der Waals surface area contributed by atoms with E-state index < -0.39 is 0 Å². The molecule has 3 rings (SSSR count). The molecular formula is C17H18FN3O2. The second kappa shape index (κ2) is 6.64. The number of aromatic nitrogens is 1. The number of nitrogens with one attached hydrogen (secondary N) is 3. The lowest BCUT2D eigenvalue weighted by atomic mass is 9.92. The van der Waals surface area contributed by atoms with Gasteiger partial charge in [0.25, 0.3) is 0 Å². The van der Waals surface area contributed by atoms with Crippen LogP contribution >= 0.6 is 0 Å². The molecule has 2 aromatic rings. The fourth-order valence-corrected chi connectivity index (χ4v) is 2.84. The van der Waals surface area contributed by atoms with Crippen molar-refractivity contribution in [3.8, 4) is 0 Å². The average molecular weight is 315 g/mol. The van der Waals surface area contributed by atoms with Gasteiger partial charge >= 0.3 is 6.03 Å². The number of hydrogen-bond donors (Lipinski definition) is 3. The van der Waals surface area contributed by atoms with E-state index in [9.17, 15) is 14.0 Å². The number of hydrogen-bond acceptors (Lipinski definition) is 2. The van der Waals surface area contributed by atoms with Crippen molar-refractivity contribution in [1.82, 2.24) is 15.6 Å². The summed E-state index contributed by atoms with van der Waals surface area (Å²) in [6.07, 6.45) is 2.21. The van der Waals surface area contributed by atoms with E-state index in [1.165, 1.54) is 18.2 Å². The summed E-state index contributed by atoms with van der Waals surface area (Å²) in [4.78, 5) is 26.1. The maximum absolute atomic E-state index is 13.1. The largest absolute Gasteiger partial charge is 0.335 e. The molecule has 120 valence electrons. The molecule has 1 aromatic carbocycles. The first-order valence-electron chi connectivity index (χ1n) is 7.60. The van der Waals surface area contributed by atoms with Gasteiger partial charge in [0.1, 0.15) is 5.82 Å². The molecule has 6 heteroatoms. The molecule has 0 saturated heterocycles. The second-order valence-corrected chi connectivity index (χ2v) is 5.72. The summed E-state index contributed by atoms with van der Waals surface area (Å²) in [6, 6.07) is 9.21. The van der Waals surface area contributed by atoms with Crippen molar-refractivity contribution in [1.29, 1.82) is 0 Å². The van der Waals surface area contributed by atoms with E-state index in [4.69, 9.17) is 0 Å². The molecule has 1 aliphatic rings. The van der Waals surface area contributed by atoms with E-state index in [2.05, 4.69) is 15.6 Å². The number of fused-ring (bicyclic) bond motifs is 1. The Labute approximate surface area is 132 Å². The molecule has 3 N–H and O–H groups in total. The van der Waals surface area contributed by atoms with Crippen LogP contribution in [0.15, 0.2) is 41.2 Å². The summed E-state index contributed by atoms with van der Waals surface area (Å²) in [6.45, 7) is 0.278. The number of rotatable bonds is 3. The van der Waals surface area contributed by atoms with Gasteiger partial charge in [0.15, 0.2) is 0 Å². The fourth-order valence-electron chi connectivity index (χ4n) is 2.84. The molecule has 0 spiro atoms. The van der Waals surface area contributed by atoms with Crippen LogP contribution in [0.3, 0.4) is 0 Å². The summed E-state index contributed by atoms with van der Waals surface area (Å²) in [5.74, 6) is -0.317. The van der Waals surface area contributed by atoms with Crippen LogP contribution in [0.2, 0.25) is 0 Å². The van der Waals surface area contributed by atoms with Gasteiger partial charge in [-0.05, 0) is 42.5 Å². The van der Waals surface area contributed by atoms with Crippen LogP contribution in [-0.4, -0.2) is 17.1 Å². The number of H-pyrrole nitrogens is 1. The third-order valence-corrected chi connectivity index (χ3v) is 3.98. The van der Waals surface area contributed by atoms with Crippen LogP contribution in [0.1, 0.15) is 23.2 Å². The van der Waals surface area contributed by atoms with Gasteiger partial charge < -0.3 is 15.6 Å². The predicted octanol–water partition coefficient (Wildman–Crippen LogP) is 1.87. The molecule has 1 atom stereocenters. The lowest BCUT2D eigenvalue weighted by Crippen LogP contribution is -2.44. The maximum atomic E-state index is 13.1. The molecule has 1 aliphatic carbocycles. The highest BCUT2D eigenvalue weighted by atomic mass is 19.1. The molecule has 0 unspecified atom stereocenters. The zero-order valence-corrected chi connectivity index (χ0v) is 12.6. The van der Waals surface area contributed by atoms with Crippen molar-refractivity contribution in [2.75, 3.05) is 0 Å². The summed E-state index contributed by atoms with van der Waals surface area (Å²) in [5.41, 5.74) is 2.64. The Morgan fingerprint density at radius 1 is 1.30 bits per heavy atom. The second-order valence-electron chi connectivity index (χ2n) is 5.72. The van der Waals surface area contributed by atoms with E-state index in [0.29, 0.717) is 12.0 Å². The first kappa shape index (κ1) is 15.3. The molecule has 1 heterocycles. The van der Waals surface area contributed by atoms with Gasteiger partial charge in [-0.25, -0.2) is 9.18 Å². The molecule has 2 amide bonds. The number of halogens is 1.